The average molecular weight is 373 g/mol. The molecule has 1 N–H and O–H groups in total. The standard InChI is InChI=1S/C19H23N3O3S/c1-13(20-18(23)21(3)14(2)17-5-4-12-26-17)15-6-8-16(9-7-15)22-10-11-25-19(22)24/h4-9,12-14H,10-11H2,1-3H3,(H,20,23)/t13-,14-/m0/s1. The second kappa shape index (κ2) is 7.78. The third-order valence-corrected chi connectivity index (χ3v) is 5.70. The lowest BCUT2D eigenvalue weighted by atomic mass is 10.1. The van der Waals surface area contributed by atoms with Gasteiger partial charge in [-0.1, -0.05) is 18.2 Å². The molecule has 1 aliphatic rings. The molecule has 1 aromatic heterocycles. The van der Waals surface area contributed by atoms with Gasteiger partial charge in [0.2, 0.25) is 0 Å². The van der Waals surface area contributed by atoms with Gasteiger partial charge in [-0.05, 0) is 43.0 Å². The summed E-state index contributed by atoms with van der Waals surface area (Å²) in [5.41, 5.74) is 1.78. The van der Waals surface area contributed by atoms with Crippen molar-refractivity contribution in [1.29, 1.82) is 0 Å². The number of nitrogens with zero attached hydrogens (tertiary/aromatic N) is 2. The van der Waals surface area contributed by atoms with E-state index in [2.05, 4.69) is 5.32 Å². The Morgan fingerprint density at radius 1 is 1.27 bits per heavy atom. The number of benzene rings is 1. The Balaban J connectivity index is 1.61. The lowest BCUT2D eigenvalue weighted by molar-refractivity contribution is 0.181. The maximum Gasteiger partial charge on any atom is 0.414 e. The fourth-order valence-electron chi connectivity index (χ4n) is 2.84. The predicted octanol–water partition coefficient (Wildman–Crippen LogP) is 4.17. The van der Waals surface area contributed by atoms with Crippen LogP contribution in [-0.2, 0) is 4.74 Å². The molecule has 0 bridgehead atoms. The van der Waals surface area contributed by atoms with E-state index in [0.717, 1.165) is 16.1 Å². The summed E-state index contributed by atoms with van der Waals surface area (Å²) in [6.45, 7) is 4.94. The van der Waals surface area contributed by atoms with Crippen LogP contribution in [-0.4, -0.2) is 37.2 Å². The lowest BCUT2D eigenvalue weighted by Crippen LogP contribution is -2.39. The summed E-state index contributed by atoms with van der Waals surface area (Å²) < 4.78 is 4.95. The van der Waals surface area contributed by atoms with Crippen molar-refractivity contribution in [3.05, 3.63) is 52.2 Å². The van der Waals surface area contributed by atoms with Gasteiger partial charge in [0.05, 0.1) is 18.6 Å². The molecule has 1 saturated heterocycles. The van der Waals surface area contributed by atoms with Gasteiger partial charge in [0.15, 0.2) is 0 Å². The van der Waals surface area contributed by atoms with Gasteiger partial charge in [-0.25, -0.2) is 9.59 Å². The zero-order valence-electron chi connectivity index (χ0n) is 15.1. The monoisotopic (exact) mass is 373 g/mol. The van der Waals surface area contributed by atoms with Gasteiger partial charge in [0, 0.05) is 17.6 Å². The molecule has 0 saturated carbocycles. The van der Waals surface area contributed by atoms with Crippen LogP contribution in [0.5, 0.6) is 0 Å². The van der Waals surface area contributed by atoms with Crippen molar-refractivity contribution in [2.24, 2.45) is 0 Å². The molecule has 0 unspecified atom stereocenters. The second-order valence-corrected chi connectivity index (χ2v) is 7.31. The summed E-state index contributed by atoms with van der Waals surface area (Å²) in [5, 5.41) is 5.03. The van der Waals surface area contributed by atoms with Gasteiger partial charge < -0.3 is 15.0 Å². The number of amides is 3. The van der Waals surface area contributed by atoms with Gasteiger partial charge >= 0.3 is 12.1 Å². The summed E-state index contributed by atoms with van der Waals surface area (Å²) >= 11 is 1.64. The number of rotatable bonds is 5. The number of nitrogens with one attached hydrogen (secondary N) is 1. The van der Waals surface area contributed by atoms with E-state index in [9.17, 15) is 9.59 Å². The molecule has 1 aromatic carbocycles. The van der Waals surface area contributed by atoms with Gasteiger partial charge in [-0.15, -0.1) is 11.3 Å². The molecule has 1 fully saturated rings. The molecule has 3 rings (SSSR count). The number of thiophene rings is 1. The van der Waals surface area contributed by atoms with Crippen LogP contribution in [0.1, 0.15) is 36.4 Å². The van der Waals surface area contributed by atoms with Crippen LogP contribution < -0.4 is 10.2 Å². The molecule has 2 aromatic rings. The number of hydrogen-bond donors (Lipinski definition) is 1. The van der Waals surface area contributed by atoms with E-state index < -0.39 is 0 Å². The molecule has 3 amide bonds. The van der Waals surface area contributed by atoms with E-state index in [-0.39, 0.29) is 24.2 Å². The van der Waals surface area contributed by atoms with Crippen LogP contribution in [0, 0.1) is 0 Å². The van der Waals surface area contributed by atoms with Crippen molar-refractivity contribution in [3.8, 4) is 0 Å². The molecule has 1 aliphatic heterocycles. The molecular weight excluding hydrogens is 350 g/mol. The fourth-order valence-corrected chi connectivity index (χ4v) is 3.66. The van der Waals surface area contributed by atoms with E-state index in [1.54, 1.807) is 28.2 Å². The Labute approximate surface area is 157 Å². The molecule has 0 radical (unpaired) electrons. The highest BCUT2D eigenvalue weighted by Crippen LogP contribution is 2.25. The van der Waals surface area contributed by atoms with Crippen LogP contribution in [0.4, 0.5) is 15.3 Å². The minimum Gasteiger partial charge on any atom is -0.447 e. The summed E-state index contributed by atoms with van der Waals surface area (Å²) in [4.78, 5) is 28.6. The van der Waals surface area contributed by atoms with E-state index in [0.29, 0.717) is 13.2 Å². The molecule has 2 heterocycles. The minimum absolute atomic E-state index is 0.0192. The molecule has 2 atom stereocenters. The first-order valence-electron chi connectivity index (χ1n) is 8.58. The maximum absolute atomic E-state index is 12.5. The van der Waals surface area contributed by atoms with E-state index in [1.165, 1.54) is 0 Å². The van der Waals surface area contributed by atoms with Gasteiger partial charge in [0.1, 0.15) is 6.61 Å². The van der Waals surface area contributed by atoms with Gasteiger partial charge in [0.25, 0.3) is 0 Å². The summed E-state index contributed by atoms with van der Waals surface area (Å²) in [6.07, 6.45) is -0.316. The summed E-state index contributed by atoms with van der Waals surface area (Å²) in [5.74, 6) is 0. The zero-order chi connectivity index (χ0) is 18.7. The Bertz CT molecular complexity index is 761. The van der Waals surface area contributed by atoms with Gasteiger partial charge in [-0.2, -0.15) is 0 Å². The number of anilines is 1. The Morgan fingerprint density at radius 3 is 2.58 bits per heavy atom. The van der Waals surface area contributed by atoms with Crippen LogP contribution in [0.3, 0.4) is 0 Å². The third-order valence-electron chi connectivity index (χ3n) is 4.66. The molecule has 0 aliphatic carbocycles. The van der Waals surface area contributed by atoms with Crippen molar-refractivity contribution in [2.45, 2.75) is 25.9 Å². The fraction of sp³-hybridized carbons (Fsp3) is 0.368. The quantitative estimate of drug-likeness (QED) is 0.856. The summed E-state index contributed by atoms with van der Waals surface area (Å²) in [7, 11) is 1.80. The highest BCUT2D eigenvalue weighted by molar-refractivity contribution is 7.10. The largest absolute Gasteiger partial charge is 0.447 e. The first-order chi connectivity index (χ1) is 12.5. The van der Waals surface area contributed by atoms with Crippen molar-refractivity contribution in [1.82, 2.24) is 10.2 Å². The Morgan fingerprint density at radius 2 is 2.00 bits per heavy atom. The number of cyclic esters (lactones) is 1. The highest BCUT2D eigenvalue weighted by Gasteiger charge is 2.24. The highest BCUT2D eigenvalue weighted by atomic mass is 32.1. The van der Waals surface area contributed by atoms with E-state index in [1.807, 2.05) is 55.6 Å². The van der Waals surface area contributed by atoms with Crippen molar-refractivity contribution >= 4 is 29.1 Å². The van der Waals surface area contributed by atoms with Crippen molar-refractivity contribution in [2.75, 3.05) is 25.1 Å². The number of ether oxygens (including phenoxy) is 1. The SMILES string of the molecule is C[C@H](NC(=O)N(C)[C@@H](C)c1cccs1)c1ccc(N2CCOC2=O)cc1. The number of carbonyl (C=O) groups excluding carboxylic acids is 2. The van der Waals surface area contributed by atoms with Crippen LogP contribution in [0.2, 0.25) is 0 Å². The Kier molecular flexibility index (Phi) is 5.46. The Hall–Kier alpha value is -2.54. The van der Waals surface area contributed by atoms with Crippen molar-refractivity contribution in [3.63, 3.8) is 0 Å². The molecule has 26 heavy (non-hydrogen) atoms. The van der Waals surface area contributed by atoms with Crippen LogP contribution in [0.15, 0.2) is 41.8 Å². The smallest absolute Gasteiger partial charge is 0.414 e. The topological polar surface area (TPSA) is 61.9 Å². The van der Waals surface area contributed by atoms with Gasteiger partial charge in [-0.3, -0.25) is 4.90 Å². The second-order valence-electron chi connectivity index (χ2n) is 6.33. The zero-order valence-corrected chi connectivity index (χ0v) is 16.0. The normalized spacial score (nSPS) is 16.1. The minimum atomic E-state index is -0.316. The number of urea groups is 1. The van der Waals surface area contributed by atoms with E-state index in [4.69, 9.17) is 4.74 Å². The molecule has 6 nitrogen and oxygen atoms in total. The predicted molar refractivity (Wildman–Crippen MR) is 103 cm³/mol. The number of hydrogen-bond acceptors (Lipinski definition) is 4. The maximum atomic E-state index is 12.5. The molecule has 0 spiro atoms. The first-order valence-corrected chi connectivity index (χ1v) is 9.46. The average Bonchev–Trinajstić information content (AvgIpc) is 3.32. The lowest BCUT2D eigenvalue weighted by Gasteiger charge is -2.26. The first kappa shape index (κ1) is 18.3. The summed E-state index contributed by atoms with van der Waals surface area (Å²) in [6, 6.07) is 11.4. The molecule has 138 valence electrons. The molecular formula is C19H23N3O3S. The van der Waals surface area contributed by atoms with Crippen LogP contribution in [0.25, 0.3) is 0 Å². The van der Waals surface area contributed by atoms with E-state index >= 15 is 0 Å². The van der Waals surface area contributed by atoms with Crippen molar-refractivity contribution < 1.29 is 14.3 Å². The molecule has 7 heteroatoms. The van der Waals surface area contributed by atoms with Crippen LogP contribution >= 0.6 is 11.3 Å². The number of carbonyl (C=O) groups is 2. The third kappa shape index (κ3) is 3.83.